The summed E-state index contributed by atoms with van der Waals surface area (Å²) >= 11 is 0. The second-order valence-corrected chi connectivity index (χ2v) is 3.51. The van der Waals surface area contributed by atoms with Crippen LogP contribution in [0.2, 0.25) is 0 Å². The van der Waals surface area contributed by atoms with Gasteiger partial charge in [-0.25, -0.2) is 0 Å². The van der Waals surface area contributed by atoms with Gasteiger partial charge in [0.25, 0.3) is 0 Å². The molecule has 0 aliphatic carbocycles. The van der Waals surface area contributed by atoms with Crippen molar-refractivity contribution in [2.24, 2.45) is 5.73 Å². The summed E-state index contributed by atoms with van der Waals surface area (Å²) in [5.41, 5.74) is 5.63. The zero-order valence-corrected chi connectivity index (χ0v) is 9.08. The van der Waals surface area contributed by atoms with Crippen LogP contribution < -0.4 is 5.73 Å². The maximum atomic E-state index is 5.63. The Hall–Kier alpha value is -0.120. The molecule has 0 saturated carbocycles. The zero-order valence-electron chi connectivity index (χ0n) is 9.08. The molecule has 3 heteroatoms. The average molecular weight is 189 g/mol. The van der Waals surface area contributed by atoms with E-state index in [4.69, 9.17) is 15.2 Å². The number of hydrogen-bond acceptors (Lipinski definition) is 3. The van der Waals surface area contributed by atoms with Crippen molar-refractivity contribution in [2.45, 2.75) is 45.8 Å². The first-order valence-electron chi connectivity index (χ1n) is 5.11. The lowest BCUT2D eigenvalue weighted by Crippen LogP contribution is -2.24. The van der Waals surface area contributed by atoms with Crippen molar-refractivity contribution in [1.82, 2.24) is 0 Å². The van der Waals surface area contributed by atoms with Crippen molar-refractivity contribution < 1.29 is 9.47 Å². The highest BCUT2D eigenvalue weighted by Crippen LogP contribution is 1.99. The third-order valence-electron chi connectivity index (χ3n) is 1.68. The van der Waals surface area contributed by atoms with E-state index in [1.807, 2.05) is 13.8 Å². The molecule has 0 amide bonds. The van der Waals surface area contributed by atoms with Crippen LogP contribution in [0.25, 0.3) is 0 Å². The van der Waals surface area contributed by atoms with Gasteiger partial charge in [0.1, 0.15) is 0 Å². The van der Waals surface area contributed by atoms with Crippen LogP contribution in [0.1, 0.15) is 33.6 Å². The number of rotatable bonds is 8. The van der Waals surface area contributed by atoms with Gasteiger partial charge in [-0.05, 0) is 26.7 Å². The van der Waals surface area contributed by atoms with E-state index in [9.17, 15) is 0 Å². The minimum absolute atomic E-state index is 0.214. The predicted octanol–water partition coefficient (Wildman–Crippen LogP) is 1.56. The largest absolute Gasteiger partial charge is 0.379 e. The molecule has 0 aromatic rings. The van der Waals surface area contributed by atoms with Crippen LogP contribution in [-0.4, -0.2) is 32.0 Å². The number of ether oxygens (including phenoxy) is 2. The summed E-state index contributed by atoms with van der Waals surface area (Å²) in [6.45, 7) is 8.33. The summed E-state index contributed by atoms with van der Waals surface area (Å²) in [7, 11) is 0. The van der Waals surface area contributed by atoms with Gasteiger partial charge in [-0.3, -0.25) is 0 Å². The first kappa shape index (κ1) is 12.9. The van der Waals surface area contributed by atoms with Crippen LogP contribution in [-0.2, 0) is 9.47 Å². The molecule has 80 valence electrons. The molecule has 0 aromatic carbocycles. The van der Waals surface area contributed by atoms with Gasteiger partial charge in [0, 0.05) is 12.6 Å². The van der Waals surface area contributed by atoms with E-state index in [-0.39, 0.29) is 12.1 Å². The molecule has 0 fully saturated rings. The summed E-state index contributed by atoms with van der Waals surface area (Å²) in [4.78, 5) is 0. The van der Waals surface area contributed by atoms with Crippen molar-refractivity contribution in [3.05, 3.63) is 0 Å². The van der Waals surface area contributed by atoms with E-state index in [1.165, 1.54) is 0 Å². The Morgan fingerprint density at radius 3 is 2.38 bits per heavy atom. The Labute approximate surface area is 81.6 Å². The highest BCUT2D eigenvalue weighted by atomic mass is 16.5. The maximum Gasteiger partial charge on any atom is 0.0704 e. The smallest absolute Gasteiger partial charge is 0.0704 e. The molecule has 0 aromatic heterocycles. The van der Waals surface area contributed by atoms with Gasteiger partial charge >= 0.3 is 0 Å². The van der Waals surface area contributed by atoms with Crippen molar-refractivity contribution in [3.8, 4) is 0 Å². The Morgan fingerprint density at radius 1 is 1.15 bits per heavy atom. The molecule has 0 bridgehead atoms. The fraction of sp³-hybridized carbons (Fsp3) is 1.00. The fourth-order valence-corrected chi connectivity index (χ4v) is 1.15. The van der Waals surface area contributed by atoms with Gasteiger partial charge in [0.05, 0.1) is 19.3 Å². The molecule has 0 spiro atoms. The molecule has 2 unspecified atom stereocenters. The lowest BCUT2D eigenvalue weighted by molar-refractivity contribution is 0.00758. The van der Waals surface area contributed by atoms with E-state index >= 15 is 0 Å². The van der Waals surface area contributed by atoms with E-state index in [0.717, 1.165) is 19.4 Å². The Bertz CT molecular complexity index is 107. The molecular weight excluding hydrogens is 166 g/mol. The van der Waals surface area contributed by atoms with Gasteiger partial charge in [0.15, 0.2) is 0 Å². The van der Waals surface area contributed by atoms with Crippen LogP contribution in [0.15, 0.2) is 0 Å². The molecule has 0 rings (SSSR count). The molecule has 0 radical (unpaired) electrons. The molecule has 3 nitrogen and oxygen atoms in total. The summed E-state index contributed by atoms with van der Waals surface area (Å²) in [6, 6.07) is 0.214. The molecule has 2 atom stereocenters. The first-order valence-corrected chi connectivity index (χ1v) is 5.11. The molecular formula is C10H23NO2. The number of hydrogen-bond donors (Lipinski definition) is 1. The summed E-state index contributed by atoms with van der Waals surface area (Å²) in [5.74, 6) is 0. The van der Waals surface area contributed by atoms with Crippen LogP contribution in [0.4, 0.5) is 0 Å². The second-order valence-electron chi connectivity index (χ2n) is 3.51. The topological polar surface area (TPSA) is 44.5 Å². The fourth-order valence-electron chi connectivity index (χ4n) is 1.15. The monoisotopic (exact) mass is 189 g/mol. The van der Waals surface area contributed by atoms with Crippen molar-refractivity contribution >= 4 is 0 Å². The summed E-state index contributed by atoms with van der Waals surface area (Å²) in [5, 5.41) is 0. The zero-order chi connectivity index (χ0) is 10.1. The standard InChI is InChI=1S/C10H23NO2/c1-4-5-12-6-7-13-10(3)8-9(2)11/h9-10H,4-8,11H2,1-3H3. The first-order chi connectivity index (χ1) is 6.16. The molecule has 13 heavy (non-hydrogen) atoms. The van der Waals surface area contributed by atoms with Gasteiger partial charge < -0.3 is 15.2 Å². The highest BCUT2D eigenvalue weighted by Gasteiger charge is 2.04. The third kappa shape index (κ3) is 9.80. The summed E-state index contributed by atoms with van der Waals surface area (Å²) in [6.07, 6.45) is 2.22. The Kier molecular flexibility index (Phi) is 8.40. The Morgan fingerprint density at radius 2 is 1.85 bits per heavy atom. The van der Waals surface area contributed by atoms with E-state index < -0.39 is 0 Å². The van der Waals surface area contributed by atoms with Gasteiger partial charge in [-0.1, -0.05) is 6.92 Å². The van der Waals surface area contributed by atoms with Crippen LogP contribution in [0.3, 0.4) is 0 Å². The predicted molar refractivity (Wildman–Crippen MR) is 54.8 cm³/mol. The average Bonchev–Trinajstić information content (AvgIpc) is 2.02. The van der Waals surface area contributed by atoms with E-state index in [2.05, 4.69) is 6.92 Å². The van der Waals surface area contributed by atoms with Crippen molar-refractivity contribution in [3.63, 3.8) is 0 Å². The van der Waals surface area contributed by atoms with Crippen molar-refractivity contribution in [1.29, 1.82) is 0 Å². The maximum absolute atomic E-state index is 5.63. The lowest BCUT2D eigenvalue weighted by Gasteiger charge is -2.14. The second kappa shape index (κ2) is 8.48. The van der Waals surface area contributed by atoms with E-state index in [0.29, 0.717) is 13.2 Å². The number of nitrogens with two attached hydrogens (primary N) is 1. The molecule has 2 N–H and O–H groups in total. The minimum Gasteiger partial charge on any atom is -0.379 e. The van der Waals surface area contributed by atoms with Gasteiger partial charge in [0.2, 0.25) is 0 Å². The van der Waals surface area contributed by atoms with Crippen LogP contribution in [0, 0.1) is 0 Å². The SMILES string of the molecule is CCCOCCOC(C)CC(C)N. The van der Waals surface area contributed by atoms with Gasteiger partial charge in [-0.15, -0.1) is 0 Å². The highest BCUT2D eigenvalue weighted by molar-refractivity contribution is 4.59. The normalized spacial score (nSPS) is 15.7. The van der Waals surface area contributed by atoms with Gasteiger partial charge in [-0.2, -0.15) is 0 Å². The van der Waals surface area contributed by atoms with Crippen LogP contribution >= 0.6 is 0 Å². The lowest BCUT2D eigenvalue weighted by atomic mass is 10.2. The Balaban J connectivity index is 3.12. The summed E-state index contributed by atoms with van der Waals surface area (Å²) < 4.78 is 10.8. The van der Waals surface area contributed by atoms with Crippen molar-refractivity contribution in [2.75, 3.05) is 19.8 Å². The molecule has 0 aliphatic rings. The third-order valence-corrected chi connectivity index (χ3v) is 1.68. The molecule has 0 heterocycles. The minimum atomic E-state index is 0.214. The molecule has 0 aliphatic heterocycles. The molecule has 0 saturated heterocycles. The van der Waals surface area contributed by atoms with E-state index in [1.54, 1.807) is 0 Å². The quantitative estimate of drug-likeness (QED) is 0.589. The van der Waals surface area contributed by atoms with Crippen LogP contribution in [0.5, 0.6) is 0 Å².